The minimum absolute atomic E-state index is 0.0878. The van der Waals surface area contributed by atoms with Gasteiger partial charge in [0.15, 0.2) is 0 Å². The molecule has 0 atom stereocenters. The van der Waals surface area contributed by atoms with Gasteiger partial charge in [0.1, 0.15) is 6.54 Å². The van der Waals surface area contributed by atoms with Crippen LogP contribution in [0.3, 0.4) is 0 Å². The zero-order valence-corrected chi connectivity index (χ0v) is 18.8. The van der Waals surface area contributed by atoms with E-state index in [9.17, 15) is 13.2 Å². The van der Waals surface area contributed by atoms with Crippen LogP contribution in [0, 0.1) is 13.8 Å². The minimum atomic E-state index is -3.98. The van der Waals surface area contributed by atoms with E-state index in [0.717, 1.165) is 14.7 Å². The van der Waals surface area contributed by atoms with Crippen LogP contribution in [-0.4, -0.2) is 27.1 Å². The lowest BCUT2D eigenvalue weighted by atomic mass is 10.2. The molecule has 0 aliphatic carbocycles. The van der Waals surface area contributed by atoms with E-state index in [0.29, 0.717) is 16.3 Å². The highest BCUT2D eigenvalue weighted by atomic mass is 35.5. The first-order chi connectivity index (χ1) is 14.3. The fraction of sp³-hybridized carbons (Fsp3) is 0.143. The minimum Gasteiger partial charge on any atom is -0.271 e. The van der Waals surface area contributed by atoms with Gasteiger partial charge in [-0.05, 0) is 66.8 Å². The highest BCUT2D eigenvalue weighted by molar-refractivity contribution is 7.92. The number of carbonyl (C=O) groups excluding carboxylic acids is 1. The second-order valence-electron chi connectivity index (χ2n) is 6.52. The molecular formula is C21H20ClN3O3S2. The van der Waals surface area contributed by atoms with Crippen LogP contribution < -0.4 is 9.73 Å². The summed E-state index contributed by atoms with van der Waals surface area (Å²) in [5, 5.41) is 6.36. The predicted octanol–water partition coefficient (Wildman–Crippen LogP) is 4.36. The maximum Gasteiger partial charge on any atom is 0.264 e. The van der Waals surface area contributed by atoms with Crippen molar-refractivity contribution in [1.29, 1.82) is 0 Å². The number of thiophene rings is 1. The van der Waals surface area contributed by atoms with Crippen molar-refractivity contribution in [3.05, 3.63) is 81.0 Å². The van der Waals surface area contributed by atoms with Crippen molar-refractivity contribution in [2.45, 2.75) is 18.7 Å². The van der Waals surface area contributed by atoms with Gasteiger partial charge in [-0.3, -0.25) is 9.10 Å². The molecular weight excluding hydrogens is 442 g/mol. The summed E-state index contributed by atoms with van der Waals surface area (Å²) in [7, 11) is -3.98. The fourth-order valence-electron chi connectivity index (χ4n) is 2.76. The fourth-order valence-corrected chi connectivity index (χ4v) is 5.28. The molecule has 9 heteroatoms. The molecule has 2 aromatic carbocycles. The van der Waals surface area contributed by atoms with Crippen LogP contribution in [0.1, 0.15) is 16.0 Å². The first-order valence-electron chi connectivity index (χ1n) is 8.99. The van der Waals surface area contributed by atoms with E-state index in [4.69, 9.17) is 11.6 Å². The summed E-state index contributed by atoms with van der Waals surface area (Å²) in [6.45, 7) is 3.25. The Bertz CT molecular complexity index is 1180. The zero-order valence-electron chi connectivity index (χ0n) is 16.4. The third kappa shape index (κ3) is 5.08. The average Bonchev–Trinajstić information content (AvgIpc) is 3.12. The Kier molecular flexibility index (Phi) is 6.91. The first kappa shape index (κ1) is 22.0. The largest absolute Gasteiger partial charge is 0.271 e. The molecule has 0 aliphatic heterocycles. The van der Waals surface area contributed by atoms with Crippen LogP contribution in [0.4, 0.5) is 5.69 Å². The summed E-state index contributed by atoms with van der Waals surface area (Å²) in [6, 6.07) is 14.8. The summed E-state index contributed by atoms with van der Waals surface area (Å²) in [4.78, 5) is 13.5. The number of nitrogens with one attached hydrogen (secondary N) is 1. The molecule has 1 heterocycles. The van der Waals surface area contributed by atoms with E-state index >= 15 is 0 Å². The number of carbonyl (C=O) groups is 1. The lowest BCUT2D eigenvalue weighted by Gasteiger charge is -2.25. The number of hydrazone groups is 1. The number of sulfonamides is 1. The van der Waals surface area contributed by atoms with Gasteiger partial charge in [0.2, 0.25) is 0 Å². The Morgan fingerprint density at radius 2 is 1.87 bits per heavy atom. The highest BCUT2D eigenvalue weighted by Crippen LogP contribution is 2.28. The second kappa shape index (κ2) is 9.42. The average molecular weight is 462 g/mol. The van der Waals surface area contributed by atoms with E-state index in [-0.39, 0.29) is 4.90 Å². The van der Waals surface area contributed by atoms with Gasteiger partial charge in [-0.25, -0.2) is 13.8 Å². The second-order valence-corrected chi connectivity index (χ2v) is 9.76. The topological polar surface area (TPSA) is 78.8 Å². The SMILES string of the molecule is Cc1cc(Cl)ccc1N(CC(=O)N/N=C/c1sccc1C)S(=O)(=O)c1ccccc1. The number of anilines is 1. The number of halogens is 1. The molecule has 1 amide bonds. The number of rotatable bonds is 7. The van der Waals surface area contributed by atoms with Crippen molar-refractivity contribution in [1.82, 2.24) is 5.43 Å². The standard InChI is InChI=1S/C21H20ClN3O3S2/c1-15-10-11-29-20(15)13-23-24-21(26)14-25(19-9-8-17(22)12-16(19)2)30(27,28)18-6-4-3-5-7-18/h3-13H,14H2,1-2H3,(H,24,26)/b23-13+. The summed E-state index contributed by atoms with van der Waals surface area (Å²) in [5.41, 5.74) is 4.46. The predicted molar refractivity (Wildman–Crippen MR) is 122 cm³/mol. The van der Waals surface area contributed by atoms with Crippen LogP contribution in [0.2, 0.25) is 5.02 Å². The summed E-state index contributed by atoms with van der Waals surface area (Å²) in [6.07, 6.45) is 1.54. The molecule has 30 heavy (non-hydrogen) atoms. The molecule has 0 spiro atoms. The maximum absolute atomic E-state index is 13.3. The molecule has 6 nitrogen and oxygen atoms in total. The third-order valence-electron chi connectivity index (χ3n) is 4.32. The number of nitrogens with zero attached hydrogens (tertiary/aromatic N) is 2. The van der Waals surface area contributed by atoms with Gasteiger partial charge >= 0.3 is 0 Å². The van der Waals surface area contributed by atoms with Crippen LogP contribution >= 0.6 is 22.9 Å². The van der Waals surface area contributed by atoms with Gasteiger partial charge in [0, 0.05) is 9.90 Å². The van der Waals surface area contributed by atoms with Crippen LogP contribution in [-0.2, 0) is 14.8 Å². The van der Waals surface area contributed by atoms with Gasteiger partial charge in [-0.1, -0.05) is 29.8 Å². The van der Waals surface area contributed by atoms with Crippen LogP contribution in [0.25, 0.3) is 0 Å². The van der Waals surface area contributed by atoms with Crippen molar-refractivity contribution in [2.24, 2.45) is 5.10 Å². The molecule has 0 saturated heterocycles. The molecule has 156 valence electrons. The van der Waals surface area contributed by atoms with E-state index in [2.05, 4.69) is 10.5 Å². The third-order valence-corrected chi connectivity index (χ3v) is 7.28. The smallest absolute Gasteiger partial charge is 0.264 e. The molecule has 0 saturated carbocycles. The Labute approximate surface area is 184 Å². The van der Waals surface area contributed by atoms with Crippen LogP contribution in [0.5, 0.6) is 0 Å². The van der Waals surface area contributed by atoms with Crippen molar-refractivity contribution in [3.8, 4) is 0 Å². The molecule has 1 N–H and O–H groups in total. The van der Waals surface area contributed by atoms with E-state index in [1.807, 2.05) is 18.4 Å². The normalized spacial score (nSPS) is 11.6. The molecule has 3 aromatic rings. The van der Waals surface area contributed by atoms with E-state index < -0.39 is 22.5 Å². The molecule has 0 aliphatic rings. The molecule has 0 radical (unpaired) electrons. The molecule has 0 unspecified atom stereocenters. The zero-order chi connectivity index (χ0) is 21.7. The maximum atomic E-state index is 13.3. The number of hydrogen-bond donors (Lipinski definition) is 1. The Hall–Kier alpha value is -2.68. The van der Waals surface area contributed by atoms with E-state index in [1.165, 1.54) is 23.5 Å². The lowest BCUT2D eigenvalue weighted by molar-refractivity contribution is -0.119. The number of amides is 1. The lowest BCUT2D eigenvalue weighted by Crippen LogP contribution is -2.40. The highest BCUT2D eigenvalue weighted by Gasteiger charge is 2.28. The summed E-state index contributed by atoms with van der Waals surface area (Å²) >= 11 is 7.52. The van der Waals surface area contributed by atoms with Crippen molar-refractivity contribution < 1.29 is 13.2 Å². The number of benzene rings is 2. The van der Waals surface area contributed by atoms with Gasteiger partial charge in [-0.2, -0.15) is 5.10 Å². The first-order valence-corrected chi connectivity index (χ1v) is 11.7. The van der Waals surface area contributed by atoms with Crippen molar-refractivity contribution in [2.75, 3.05) is 10.8 Å². The Morgan fingerprint density at radius 1 is 1.13 bits per heavy atom. The number of hydrogen-bond acceptors (Lipinski definition) is 5. The van der Waals surface area contributed by atoms with Crippen molar-refractivity contribution in [3.63, 3.8) is 0 Å². The summed E-state index contributed by atoms with van der Waals surface area (Å²) in [5.74, 6) is -0.561. The molecule has 0 fully saturated rings. The van der Waals surface area contributed by atoms with Gasteiger partial charge in [0.25, 0.3) is 15.9 Å². The van der Waals surface area contributed by atoms with E-state index in [1.54, 1.807) is 49.5 Å². The summed E-state index contributed by atoms with van der Waals surface area (Å²) < 4.78 is 27.6. The Balaban J connectivity index is 1.89. The Morgan fingerprint density at radius 3 is 2.50 bits per heavy atom. The van der Waals surface area contributed by atoms with Gasteiger partial charge < -0.3 is 0 Å². The molecule has 1 aromatic heterocycles. The van der Waals surface area contributed by atoms with Crippen molar-refractivity contribution >= 4 is 50.8 Å². The number of aryl methyl sites for hydroxylation is 2. The molecule has 0 bridgehead atoms. The quantitative estimate of drug-likeness (QED) is 0.419. The monoisotopic (exact) mass is 461 g/mol. The molecule has 3 rings (SSSR count). The van der Waals surface area contributed by atoms with Gasteiger partial charge in [-0.15, -0.1) is 11.3 Å². The van der Waals surface area contributed by atoms with Gasteiger partial charge in [0.05, 0.1) is 16.8 Å². The van der Waals surface area contributed by atoms with Crippen LogP contribution in [0.15, 0.2) is 70.0 Å².